The topological polar surface area (TPSA) is 46.6 Å². The van der Waals surface area contributed by atoms with Gasteiger partial charge in [-0.3, -0.25) is 4.90 Å². The van der Waals surface area contributed by atoms with E-state index in [1.807, 2.05) is 0 Å². The van der Waals surface area contributed by atoms with E-state index in [1.54, 1.807) is 12.3 Å². The Hall–Kier alpha value is -1.41. The van der Waals surface area contributed by atoms with Gasteiger partial charge in [0.25, 0.3) is 0 Å². The maximum atomic E-state index is 13.5. The Morgan fingerprint density at radius 3 is 2.96 bits per heavy atom. The highest BCUT2D eigenvalue weighted by molar-refractivity contribution is 7.15. The van der Waals surface area contributed by atoms with Gasteiger partial charge in [-0.1, -0.05) is 11.6 Å². The summed E-state index contributed by atoms with van der Waals surface area (Å²) in [5, 5.41) is 3.19. The minimum absolute atomic E-state index is 0.305. The van der Waals surface area contributed by atoms with Crippen LogP contribution in [0.25, 0.3) is 0 Å². The first-order valence-corrected chi connectivity index (χ1v) is 8.97. The molecule has 0 amide bonds. The van der Waals surface area contributed by atoms with Crippen molar-refractivity contribution in [3.8, 4) is 5.75 Å². The van der Waals surface area contributed by atoms with E-state index in [0.717, 1.165) is 37.7 Å². The van der Waals surface area contributed by atoms with E-state index in [9.17, 15) is 4.39 Å². The first-order valence-electron chi connectivity index (χ1n) is 7.77. The van der Waals surface area contributed by atoms with Gasteiger partial charge in [0.15, 0.2) is 4.47 Å². The SMILES string of the molecule is Fc1ccc(OCCN2CCOCC2)c(NCc2cnc(Cl)s2)c1. The van der Waals surface area contributed by atoms with Gasteiger partial charge in [-0.25, -0.2) is 9.37 Å². The van der Waals surface area contributed by atoms with Crippen molar-refractivity contribution in [3.63, 3.8) is 0 Å². The van der Waals surface area contributed by atoms with Gasteiger partial charge in [-0.05, 0) is 12.1 Å². The Morgan fingerprint density at radius 2 is 2.21 bits per heavy atom. The fraction of sp³-hybridized carbons (Fsp3) is 0.438. The third-order valence-electron chi connectivity index (χ3n) is 3.69. The number of hydrogen-bond acceptors (Lipinski definition) is 6. The molecule has 0 spiro atoms. The molecular formula is C16H19ClFN3O2S. The van der Waals surface area contributed by atoms with Gasteiger partial charge < -0.3 is 14.8 Å². The van der Waals surface area contributed by atoms with Crippen molar-refractivity contribution in [2.45, 2.75) is 6.54 Å². The predicted molar refractivity (Wildman–Crippen MR) is 93.6 cm³/mol. The minimum atomic E-state index is -0.305. The molecule has 130 valence electrons. The highest BCUT2D eigenvalue weighted by Crippen LogP contribution is 2.27. The molecule has 0 bridgehead atoms. The Morgan fingerprint density at radius 1 is 1.38 bits per heavy atom. The number of rotatable bonds is 7. The molecule has 2 aromatic rings. The van der Waals surface area contributed by atoms with Crippen LogP contribution in [0.4, 0.5) is 10.1 Å². The van der Waals surface area contributed by atoms with Gasteiger partial charge in [-0.15, -0.1) is 11.3 Å². The lowest BCUT2D eigenvalue weighted by Gasteiger charge is -2.26. The van der Waals surface area contributed by atoms with Gasteiger partial charge in [0.05, 0.1) is 25.4 Å². The van der Waals surface area contributed by atoms with E-state index in [-0.39, 0.29) is 5.82 Å². The number of thiazole rings is 1. The number of aromatic nitrogens is 1. The second-order valence-electron chi connectivity index (χ2n) is 5.38. The molecule has 3 rings (SSSR count). The van der Waals surface area contributed by atoms with Crippen molar-refractivity contribution >= 4 is 28.6 Å². The van der Waals surface area contributed by atoms with Crippen LogP contribution in [0.2, 0.25) is 4.47 Å². The van der Waals surface area contributed by atoms with Crippen molar-refractivity contribution < 1.29 is 13.9 Å². The third-order valence-corrected chi connectivity index (χ3v) is 4.80. The largest absolute Gasteiger partial charge is 0.490 e. The van der Waals surface area contributed by atoms with Crippen molar-refractivity contribution in [2.24, 2.45) is 0 Å². The molecule has 1 aliphatic rings. The van der Waals surface area contributed by atoms with Gasteiger partial charge in [0, 0.05) is 36.8 Å². The van der Waals surface area contributed by atoms with Crippen molar-refractivity contribution in [2.75, 3.05) is 44.8 Å². The molecule has 0 saturated carbocycles. The fourth-order valence-corrected chi connectivity index (χ4v) is 3.34. The van der Waals surface area contributed by atoms with Crippen LogP contribution in [0, 0.1) is 5.82 Å². The van der Waals surface area contributed by atoms with E-state index < -0.39 is 0 Å². The molecule has 0 atom stereocenters. The molecule has 0 unspecified atom stereocenters. The van der Waals surface area contributed by atoms with Crippen LogP contribution in [0.3, 0.4) is 0 Å². The van der Waals surface area contributed by atoms with Gasteiger partial charge >= 0.3 is 0 Å². The quantitative estimate of drug-likeness (QED) is 0.809. The third kappa shape index (κ3) is 5.04. The maximum Gasteiger partial charge on any atom is 0.183 e. The number of hydrogen-bond donors (Lipinski definition) is 1. The van der Waals surface area contributed by atoms with Crippen LogP contribution in [-0.2, 0) is 11.3 Å². The highest BCUT2D eigenvalue weighted by atomic mass is 35.5. The highest BCUT2D eigenvalue weighted by Gasteiger charge is 2.11. The van der Waals surface area contributed by atoms with Crippen LogP contribution in [0.5, 0.6) is 5.75 Å². The Labute approximate surface area is 149 Å². The van der Waals surface area contributed by atoms with Crippen LogP contribution >= 0.6 is 22.9 Å². The Bertz CT molecular complexity index is 665. The molecule has 2 heterocycles. The normalized spacial score (nSPS) is 15.4. The van der Waals surface area contributed by atoms with Gasteiger partial charge in [0.1, 0.15) is 18.2 Å². The molecular weight excluding hydrogens is 353 g/mol. The molecule has 24 heavy (non-hydrogen) atoms. The summed E-state index contributed by atoms with van der Waals surface area (Å²) in [6.45, 7) is 5.26. The molecule has 1 fully saturated rings. The number of morpholine rings is 1. The van der Waals surface area contributed by atoms with E-state index >= 15 is 0 Å². The van der Waals surface area contributed by atoms with Crippen molar-refractivity contribution in [3.05, 3.63) is 39.6 Å². The van der Waals surface area contributed by atoms with Crippen LogP contribution in [0.1, 0.15) is 4.88 Å². The summed E-state index contributed by atoms with van der Waals surface area (Å²) in [5.74, 6) is 0.334. The molecule has 1 aromatic heterocycles. The van der Waals surface area contributed by atoms with Gasteiger partial charge in [-0.2, -0.15) is 0 Å². The molecule has 5 nitrogen and oxygen atoms in total. The zero-order valence-electron chi connectivity index (χ0n) is 13.1. The lowest BCUT2D eigenvalue weighted by Crippen LogP contribution is -2.38. The number of nitrogens with one attached hydrogen (secondary N) is 1. The average Bonchev–Trinajstić information content (AvgIpc) is 3.01. The fourth-order valence-electron chi connectivity index (χ4n) is 2.42. The summed E-state index contributed by atoms with van der Waals surface area (Å²) in [4.78, 5) is 7.26. The average molecular weight is 372 g/mol. The number of nitrogens with zero attached hydrogens (tertiary/aromatic N) is 2. The van der Waals surface area contributed by atoms with Crippen molar-refractivity contribution in [1.29, 1.82) is 0 Å². The summed E-state index contributed by atoms with van der Waals surface area (Å²) in [5.41, 5.74) is 0.626. The second kappa shape index (κ2) is 8.62. The molecule has 1 aromatic carbocycles. The molecule has 0 radical (unpaired) electrons. The number of benzene rings is 1. The zero-order chi connectivity index (χ0) is 16.8. The smallest absolute Gasteiger partial charge is 0.183 e. The summed E-state index contributed by atoms with van der Waals surface area (Å²) in [7, 11) is 0. The second-order valence-corrected chi connectivity index (χ2v) is 7.07. The summed E-state index contributed by atoms with van der Waals surface area (Å²) in [6, 6.07) is 4.49. The molecule has 1 N–H and O–H groups in total. The monoisotopic (exact) mass is 371 g/mol. The molecule has 1 saturated heterocycles. The number of ether oxygens (including phenoxy) is 2. The number of halogens is 2. The summed E-state index contributed by atoms with van der Waals surface area (Å²) >= 11 is 7.21. The van der Waals surface area contributed by atoms with E-state index in [0.29, 0.717) is 29.1 Å². The summed E-state index contributed by atoms with van der Waals surface area (Å²) in [6.07, 6.45) is 1.71. The van der Waals surface area contributed by atoms with Crippen LogP contribution < -0.4 is 10.1 Å². The lowest BCUT2D eigenvalue weighted by molar-refractivity contribution is 0.0323. The molecule has 0 aliphatic carbocycles. The van der Waals surface area contributed by atoms with Crippen molar-refractivity contribution in [1.82, 2.24) is 9.88 Å². The number of anilines is 1. The van der Waals surface area contributed by atoms with Crippen LogP contribution in [0.15, 0.2) is 24.4 Å². The first-order chi connectivity index (χ1) is 11.7. The van der Waals surface area contributed by atoms with Gasteiger partial charge in [0.2, 0.25) is 0 Å². The maximum absolute atomic E-state index is 13.5. The summed E-state index contributed by atoms with van der Waals surface area (Å²) < 4.78 is 25.2. The predicted octanol–water partition coefficient (Wildman–Crippen LogP) is 3.26. The van der Waals surface area contributed by atoms with Crippen LogP contribution in [-0.4, -0.2) is 49.3 Å². The Balaban J connectivity index is 1.55. The minimum Gasteiger partial charge on any atom is -0.490 e. The standard InChI is InChI=1S/C16H19ClFN3O2S/c17-16-20-11-13(24-16)10-19-14-9-12(18)1-2-15(14)23-8-5-21-3-6-22-7-4-21/h1-2,9,11,19H,3-8,10H2. The molecule has 8 heteroatoms. The lowest BCUT2D eigenvalue weighted by atomic mass is 10.2. The molecule has 1 aliphatic heterocycles. The Kier molecular flexibility index (Phi) is 6.25. The van der Waals surface area contributed by atoms with E-state index in [1.165, 1.54) is 23.5 Å². The zero-order valence-corrected chi connectivity index (χ0v) is 14.7. The van der Waals surface area contributed by atoms with E-state index in [4.69, 9.17) is 21.1 Å². The first kappa shape index (κ1) is 17.4. The van der Waals surface area contributed by atoms with E-state index in [2.05, 4.69) is 15.2 Å².